The molecule has 66 valence electrons. The zero-order valence-corrected chi connectivity index (χ0v) is 7.33. The van der Waals surface area contributed by atoms with Gasteiger partial charge in [0.25, 0.3) is 0 Å². The van der Waals surface area contributed by atoms with Crippen LogP contribution in [0.4, 0.5) is 0 Å². The van der Waals surface area contributed by atoms with Crippen LogP contribution < -0.4 is 0 Å². The standard InChI is InChI=1S/C11H11NO/c1-2-11(13)7-3-5-9-6-4-8-12-10(9)11/h1,4,6,8,13H,3,5,7H2/t11-/m0/s1. The van der Waals surface area contributed by atoms with Gasteiger partial charge in [-0.1, -0.05) is 12.0 Å². The Morgan fingerprint density at radius 1 is 1.62 bits per heavy atom. The van der Waals surface area contributed by atoms with Gasteiger partial charge >= 0.3 is 0 Å². The Labute approximate surface area is 77.6 Å². The first-order valence-corrected chi connectivity index (χ1v) is 4.41. The fourth-order valence-electron chi connectivity index (χ4n) is 1.81. The summed E-state index contributed by atoms with van der Waals surface area (Å²) >= 11 is 0. The van der Waals surface area contributed by atoms with E-state index in [0.717, 1.165) is 18.4 Å². The van der Waals surface area contributed by atoms with Crippen LogP contribution >= 0.6 is 0 Å². The summed E-state index contributed by atoms with van der Waals surface area (Å²) in [6.07, 6.45) is 9.50. The lowest BCUT2D eigenvalue weighted by Gasteiger charge is -2.28. The topological polar surface area (TPSA) is 33.1 Å². The molecule has 1 aliphatic rings. The summed E-state index contributed by atoms with van der Waals surface area (Å²) in [7, 11) is 0. The van der Waals surface area contributed by atoms with E-state index >= 15 is 0 Å². The van der Waals surface area contributed by atoms with Crippen molar-refractivity contribution in [2.45, 2.75) is 24.9 Å². The van der Waals surface area contributed by atoms with E-state index in [0.29, 0.717) is 12.1 Å². The number of fused-ring (bicyclic) bond motifs is 1. The molecule has 0 unspecified atom stereocenters. The van der Waals surface area contributed by atoms with Crippen molar-refractivity contribution in [3.05, 3.63) is 29.6 Å². The molecule has 13 heavy (non-hydrogen) atoms. The Bertz CT molecular complexity index is 367. The number of aliphatic hydroxyl groups is 1. The van der Waals surface area contributed by atoms with Gasteiger partial charge in [-0.2, -0.15) is 0 Å². The van der Waals surface area contributed by atoms with Gasteiger partial charge in [-0.05, 0) is 30.9 Å². The van der Waals surface area contributed by atoms with E-state index in [1.807, 2.05) is 12.1 Å². The minimum absolute atomic E-state index is 0.619. The second kappa shape index (κ2) is 2.86. The lowest BCUT2D eigenvalue weighted by Crippen LogP contribution is -2.30. The molecule has 2 rings (SSSR count). The molecular formula is C11H11NO. The maximum absolute atomic E-state index is 10.0. The van der Waals surface area contributed by atoms with Gasteiger partial charge in [0.15, 0.2) is 5.60 Å². The highest BCUT2D eigenvalue weighted by Gasteiger charge is 2.33. The molecule has 1 atom stereocenters. The van der Waals surface area contributed by atoms with E-state index in [1.54, 1.807) is 6.20 Å². The number of rotatable bonds is 0. The second-order valence-corrected chi connectivity index (χ2v) is 3.37. The zero-order valence-electron chi connectivity index (χ0n) is 7.33. The summed E-state index contributed by atoms with van der Waals surface area (Å²) in [6, 6.07) is 3.85. The Hall–Kier alpha value is -1.33. The zero-order chi connectivity index (χ0) is 9.31. The highest BCUT2D eigenvalue weighted by Crippen LogP contribution is 2.32. The van der Waals surface area contributed by atoms with Crippen molar-refractivity contribution in [3.8, 4) is 12.3 Å². The van der Waals surface area contributed by atoms with Gasteiger partial charge in [0.2, 0.25) is 0 Å². The largest absolute Gasteiger partial charge is 0.372 e. The molecule has 0 aromatic carbocycles. The highest BCUT2D eigenvalue weighted by molar-refractivity contribution is 5.34. The van der Waals surface area contributed by atoms with Gasteiger partial charge in [-0.15, -0.1) is 6.42 Å². The number of terminal acetylenes is 1. The number of hydrogen-bond acceptors (Lipinski definition) is 2. The molecule has 0 radical (unpaired) electrons. The first-order chi connectivity index (χ1) is 6.26. The predicted octanol–water partition coefficient (Wildman–Crippen LogP) is 1.24. The third-order valence-corrected chi connectivity index (χ3v) is 2.51. The number of aryl methyl sites for hydroxylation is 1. The molecule has 1 aliphatic carbocycles. The number of pyridine rings is 1. The fraction of sp³-hybridized carbons (Fsp3) is 0.364. The summed E-state index contributed by atoms with van der Waals surface area (Å²) < 4.78 is 0. The van der Waals surface area contributed by atoms with Crippen molar-refractivity contribution >= 4 is 0 Å². The molecule has 1 aromatic heterocycles. The van der Waals surface area contributed by atoms with Crippen LogP contribution in [0.3, 0.4) is 0 Å². The lowest BCUT2D eigenvalue weighted by atomic mass is 9.83. The van der Waals surface area contributed by atoms with Crippen LogP contribution in [0.2, 0.25) is 0 Å². The molecule has 1 N–H and O–H groups in total. The maximum atomic E-state index is 10.0. The minimum atomic E-state index is -1.13. The molecule has 0 saturated carbocycles. The van der Waals surface area contributed by atoms with E-state index in [-0.39, 0.29) is 0 Å². The molecule has 0 amide bonds. The van der Waals surface area contributed by atoms with Crippen LogP contribution in [0.15, 0.2) is 18.3 Å². The normalized spacial score (nSPS) is 26.2. The van der Waals surface area contributed by atoms with Crippen molar-refractivity contribution in [2.24, 2.45) is 0 Å². The van der Waals surface area contributed by atoms with Crippen LogP contribution in [0, 0.1) is 12.3 Å². The average Bonchev–Trinajstić information content (AvgIpc) is 2.19. The van der Waals surface area contributed by atoms with Crippen molar-refractivity contribution in [2.75, 3.05) is 0 Å². The Balaban J connectivity index is 2.56. The van der Waals surface area contributed by atoms with E-state index in [2.05, 4.69) is 10.9 Å². The number of nitrogens with zero attached hydrogens (tertiary/aromatic N) is 1. The van der Waals surface area contributed by atoms with E-state index in [4.69, 9.17) is 6.42 Å². The number of aromatic nitrogens is 1. The van der Waals surface area contributed by atoms with Crippen molar-refractivity contribution in [1.82, 2.24) is 4.98 Å². The predicted molar refractivity (Wildman–Crippen MR) is 49.9 cm³/mol. The van der Waals surface area contributed by atoms with Crippen molar-refractivity contribution in [3.63, 3.8) is 0 Å². The van der Waals surface area contributed by atoms with Crippen LogP contribution in [-0.4, -0.2) is 10.1 Å². The maximum Gasteiger partial charge on any atom is 0.167 e. The first-order valence-electron chi connectivity index (χ1n) is 4.41. The third kappa shape index (κ3) is 1.22. The first kappa shape index (κ1) is 8.28. The van der Waals surface area contributed by atoms with Gasteiger partial charge in [0.1, 0.15) is 0 Å². The number of hydrogen-bond donors (Lipinski definition) is 1. The van der Waals surface area contributed by atoms with Gasteiger partial charge in [-0.3, -0.25) is 4.98 Å². The molecule has 1 aromatic rings. The Morgan fingerprint density at radius 2 is 2.46 bits per heavy atom. The smallest absolute Gasteiger partial charge is 0.167 e. The molecular weight excluding hydrogens is 162 g/mol. The molecule has 0 fully saturated rings. The molecule has 0 aliphatic heterocycles. The summed E-state index contributed by atoms with van der Waals surface area (Å²) in [5.41, 5.74) is 0.618. The summed E-state index contributed by atoms with van der Waals surface area (Å²) in [4.78, 5) is 4.15. The van der Waals surface area contributed by atoms with E-state index in [9.17, 15) is 5.11 Å². The van der Waals surface area contributed by atoms with Gasteiger partial charge in [0, 0.05) is 6.20 Å². The fourth-order valence-corrected chi connectivity index (χ4v) is 1.81. The quantitative estimate of drug-likeness (QED) is 0.599. The van der Waals surface area contributed by atoms with Crippen LogP contribution in [-0.2, 0) is 12.0 Å². The Morgan fingerprint density at radius 3 is 3.23 bits per heavy atom. The minimum Gasteiger partial charge on any atom is -0.372 e. The SMILES string of the molecule is C#C[C@]1(O)CCCc2cccnc21. The molecule has 0 saturated heterocycles. The molecule has 1 heterocycles. The molecule has 0 spiro atoms. The molecule has 0 bridgehead atoms. The van der Waals surface area contributed by atoms with Gasteiger partial charge < -0.3 is 5.11 Å². The van der Waals surface area contributed by atoms with Crippen LogP contribution in [0.25, 0.3) is 0 Å². The third-order valence-electron chi connectivity index (χ3n) is 2.51. The summed E-state index contributed by atoms with van der Waals surface area (Å²) in [5, 5.41) is 10.0. The van der Waals surface area contributed by atoms with Crippen molar-refractivity contribution in [1.29, 1.82) is 0 Å². The molecule has 2 nitrogen and oxygen atoms in total. The van der Waals surface area contributed by atoms with Crippen LogP contribution in [0.5, 0.6) is 0 Å². The Kier molecular flexibility index (Phi) is 1.82. The lowest BCUT2D eigenvalue weighted by molar-refractivity contribution is 0.0757. The van der Waals surface area contributed by atoms with E-state index < -0.39 is 5.60 Å². The highest BCUT2D eigenvalue weighted by atomic mass is 16.3. The van der Waals surface area contributed by atoms with Gasteiger partial charge in [0.05, 0.1) is 5.69 Å². The average molecular weight is 173 g/mol. The second-order valence-electron chi connectivity index (χ2n) is 3.37. The van der Waals surface area contributed by atoms with Crippen LogP contribution in [0.1, 0.15) is 24.1 Å². The van der Waals surface area contributed by atoms with Crippen molar-refractivity contribution < 1.29 is 5.11 Å². The monoisotopic (exact) mass is 173 g/mol. The van der Waals surface area contributed by atoms with E-state index in [1.165, 1.54) is 0 Å². The molecule has 2 heteroatoms. The van der Waals surface area contributed by atoms with Gasteiger partial charge in [-0.25, -0.2) is 0 Å². The summed E-state index contributed by atoms with van der Waals surface area (Å²) in [5.74, 6) is 2.43. The summed E-state index contributed by atoms with van der Waals surface area (Å²) in [6.45, 7) is 0.